The number of benzene rings is 1. The first kappa shape index (κ1) is 13.5. The lowest BCUT2D eigenvalue weighted by Gasteiger charge is -2.29. The third-order valence-electron chi connectivity index (χ3n) is 3.30. The zero-order valence-corrected chi connectivity index (χ0v) is 10.8. The number of rotatable bonds is 4. The van der Waals surface area contributed by atoms with Crippen molar-refractivity contribution in [2.45, 2.75) is 19.4 Å². The van der Waals surface area contributed by atoms with Gasteiger partial charge in [0.25, 0.3) is 0 Å². The van der Waals surface area contributed by atoms with E-state index in [0.717, 1.165) is 0 Å². The van der Waals surface area contributed by atoms with Crippen molar-refractivity contribution >= 4 is 17.0 Å². The number of nitrogens with zero attached hydrogens (tertiary/aromatic N) is 2. The summed E-state index contributed by atoms with van der Waals surface area (Å²) in [6, 6.07) is 4.82. The summed E-state index contributed by atoms with van der Waals surface area (Å²) in [6.45, 7) is 2.74. The van der Waals surface area contributed by atoms with Gasteiger partial charge in [-0.25, -0.2) is 9.78 Å². The van der Waals surface area contributed by atoms with Crippen LogP contribution in [0.15, 0.2) is 18.2 Å². The van der Waals surface area contributed by atoms with Crippen LogP contribution in [0.2, 0.25) is 0 Å². The summed E-state index contributed by atoms with van der Waals surface area (Å²) >= 11 is 0. The smallest absolute Gasteiger partial charge is 0.337 e. The lowest BCUT2D eigenvalue weighted by Crippen LogP contribution is -2.39. The molecule has 0 amide bonds. The molecular formula is C13H16N2O4. The molecule has 0 bridgehead atoms. The molecule has 0 spiro atoms. The summed E-state index contributed by atoms with van der Waals surface area (Å²) in [4.78, 5) is 15.6. The van der Waals surface area contributed by atoms with Crippen molar-refractivity contribution < 1.29 is 20.1 Å². The number of aliphatic hydroxyl groups excluding tert-OH is 2. The van der Waals surface area contributed by atoms with Gasteiger partial charge in [0.2, 0.25) is 0 Å². The number of hydrogen-bond donors (Lipinski definition) is 3. The van der Waals surface area contributed by atoms with E-state index >= 15 is 0 Å². The number of aromatic carboxylic acids is 1. The lowest BCUT2D eigenvalue weighted by molar-refractivity contribution is 0.0689. The van der Waals surface area contributed by atoms with Crippen molar-refractivity contribution in [3.63, 3.8) is 0 Å². The van der Waals surface area contributed by atoms with Gasteiger partial charge in [0, 0.05) is 0 Å². The second-order valence-corrected chi connectivity index (χ2v) is 4.79. The van der Waals surface area contributed by atoms with E-state index < -0.39 is 11.5 Å². The van der Waals surface area contributed by atoms with Crippen LogP contribution in [0.5, 0.6) is 0 Å². The van der Waals surface area contributed by atoms with E-state index in [-0.39, 0.29) is 18.8 Å². The van der Waals surface area contributed by atoms with Gasteiger partial charge >= 0.3 is 5.97 Å². The number of carbonyl (C=O) groups is 1. The Morgan fingerprint density at radius 3 is 2.53 bits per heavy atom. The summed E-state index contributed by atoms with van der Waals surface area (Å²) in [5.41, 5.74) is 0.0551. The molecule has 0 saturated heterocycles. The van der Waals surface area contributed by atoms with Crippen LogP contribution in [0.4, 0.5) is 0 Å². The van der Waals surface area contributed by atoms with Gasteiger partial charge in [-0.2, -0.15) is 0 Å². The van der Waals surface area contributed by atoms with E-state index in [4.69, 9.17) is 0 Å². The van der Waals surface area contributed by atoms with Crippen molar-refractivity contribution in [2.24, 2.45) is 0 Å². The SMILES string of the molecule is Cc1nc2cccc(C(=O)O)c2n1C(C)(CO)CO. The standard InChI is InChI=1S/C13H16N2O4/c1-8-14-10-5-3-4-9(12(18)19)11(10)15(8)13(2,6-16)7-17/h3-5,16-17H,6-7H2,1-2H3,(H,18,19). The molecule has 0 aliphatic heterocycles. The number of aliphatic hydroxyl groups is 2. The maximum absolute atomic E-state index is 11.3. The first-order valence-corrected chi connectivity index (χ1v) is 5.88. The molecule has 0 aliphatic rings. The average Bonchev–Trinajstić information content (AvgIpc) is 2.73. The maximum atomic E-state index is 11.3. The molecule has 0 aliphatic carbocycles. The fourth-order valence-corrected chi connectivity index (χ4v) is 2.27. The molecule has 0 saturated carbocycles. The van der Waals surface area contributed by atoms with Crippen LogP contribution < -0.4 is 0 Å². The predicted octanol–water partition coefficient (Wildman–Crippen LogP) is 0.743. The van der Waals surface area contributed by atoms with Gasteiger partial charge in [0.05, 0.1) is 35.3 Å². The third-order valence-corrected chi connectivity index (χ3v) is 3.30. The predicted molar refractivity (Wildman–Crippen MR) is 69.2 cm³/mol. The molecule has 19 heavy (non-hydrogen) atoms. The topological polar surface area (TPSA) is 95.6 Å². The van der Waals surface area contributed by atoms with Gasteiger partial charge in [-0.1, -0.05) is 6.07 Å². The second-order valence-electron chi connectivity index (χ2n) is 4.79. The Hall–Kier alpha value is -1.92. The van der Waals surface area contributed by atoms with Crippen LogP contribution in [0.3, 0.4) is 0 Å². The Bertz CT molecular complexity index is 629. The number of carboxylic acid groups (broad SMARTS) is 1. The van der Waals surface area contributed by atoms with Crippen LogP contribution >= 0.6 is 0 Å². The highest BCUT2D eigenvalue weighted by Gasteiger charge is 2.30. The highest BCUT2D eigenvalue weighted by molar-refractivity contribution is 6.01. The summed E-state index contributed by atoms with van der Waals surface area (Å²) in [6.07, 6.45) is 0. The zero-order chi connectivity index (χ0) is 14.2. The van der Waals surface area contributed by atoms with E-state index in [0.29, 0.717) is 16.9 Å². The van der Waals surface area contributed by atoms with Gasteiger partial charge in [0.15, 0.2) is 0 Å². The molecular weight excluding hydrogens is 248 g/mol. The molecule has 2 rings (SSSR count). The molecule has 6 nitrogen and oxygen atoms in total. The van der Waals surface area contributed by atoms with Crippen molar-refractivity contribution in [3.8, 4) is 0 Å². The maximum Gasteiger partial charge on any atom is 0.337 e. The van der Waals surface area contributed by atoms with Crippen LogP contribution in [0.25, 0.3) is 11.0 Å². The second kappa shape index (κ2) is 4.64. The minimum atomic E-state index is -1.06. The number of para-hydroxylation sites is 1. The van der Waals surface area contributed by atoms with Gasteiger partial charge in [0.1, 0.15) is 5.82 Å². The third kappa shape index (κ3) is 1.98. The molecule has 3 N–H and O–H groups in total. The van der Waals surface area contributed by atoms with Crippen molar-refractivity contribution in [1.29, 1.82) is 0 Å². The lowest BCUT2D eigenvalue weighted by atomic mass is 10.0. The average molecular weight is 264 g/mol. The largest absolute Gasteiger partial charge is 0.478 e. The molecule has 2 aromatic rings. The highest BCUT2D eigenvalue weighted by atomic mass is 16.4. The van der Waals surface area contributed by atoms with Gasteiger partial charge < -0.3 is 19.9 Å². The van der Waals surface area contributed by atoms with Gasteiger partial charge in [-0.15, -0.1) is 0 Å². The zero-order valence-electron chi connectivity index (χ0n) is 10.8. The van der Waals surface area contributed by atoms with Crippen molar-refractivity contribution in [3.05, 3.63) is 29.6 Å². The fourth-order valence-electron chi connectivity index (χ4n) is 2.27. The fraction of sp³-hybridized carbons (Fsp3) is 0.385. The van der Waals surface area contributed by atoms with Crippen LogP contribution in [0, 0.1) is 6.92 Å². The summed E-state index contributed by atoms with van der Waals surface area (Å²) in [5.74, 6) is -0.515. The quantitative estimate of drug-likeness (QED) is 0.757. The Kier molecular flexibility index (Phi) is 3.30. The Labute approximate surface area is 109 Å². The van der Waals surface area contributed by atoms with Crippen LogP contribution in [-0.2, 0) is 5.54 Å². The van der Waals surface area contributed by atoms with Gasteiger partial charge in [-0.3, -0.25) is 0 Å². The van der Waals surface area contributed by atoms with Crippen LogP contribution in [0.1, 0.15) is 23.1 Å². The number of aromatic nitrogens is 2. The van der Waals surface area contributed by atoms with E-state index in [1.165, 1.54) is 6.07 Å². The number of aryl methyl sites for hydroxylation is 1. The van der Waals surface area contributed by atoms with E-state index in [1.807, 2.05) is 0 Å². The normalized spacial score (nSPS) is 12.0. The molecule has 1 aromatic heterocycles. The Morgan fingerprint density at radius 2 is 2.00 bits per heavy atom. The minimum absolute atomic E-state index is 0.103. The number of imidazole rings is 1. The number of fused-ring (bicyclic) bond motifs is 1. The summed E-state index contributed by atoms with van der Waals surface area (Å²) in [7, 11) is 0. The molecule has 0 fully saturated rings. The molecule has 1 heterocycles. The van der Waals surface area contributed by atoms with E-state index in [2.05, 4.69) is 4.98 Å². The molecule has 0 unspecified atom stereocenters. The Balaban J connectivity index is 2.87. The number of hydrogen-bond acceptors (Lipinski definition) is 4. The highest BCUT2D eigenvalue weighted by Crippen LogP contribution is 2.27. The summed E-state index contributed by atoms with van der Waals surface area (Å²) in [5, 5.41) is 28.3. The molecule has 1 aromatic carbocycles. The number of carboxylic acids is 1. The van der Waals surface area contributed by atoms with Gasteiger partial charge in [-0.05, 0) is 26.0 Å². The monoisotopic (exact) mass is 264 g/mol. The van der Waals surface area contributed by atoms with E-state index in [9.17, 15) is 20.1 Å². The van der Waals surface area contributed by atoms with Crippen LogP contribution in [-0.4, -0.2) is 44.1 Å². The van der Waals surface area contributed by atoms with E-state index in [1.54, 1.807) is 30.5 Å². The first-order valence-electron chi connectivity index (χ1n) is 5.88. The van der Waals surface area contributed by atoms with Crippen molar-refractivity contribution in [2.75, 3.05) is 13.2 Å². The Morgan fingerprint density at radius 1 is 1.37 bits per heavy atom. The molecule has 6 heteroatoms. The minimum Gasteiger partial charge on any atom is -0.478 e. The molecule has 102 valence electrons. The molecule has 0 atom stereocenters. The van der Waals surface area contributed by atoms with Crippen molar-refractivity contribution in [1.82, 2.24) is 9.55 Å². The molecule has 0 radical (unpaired) electrons. The summed E-state index contributed by atoms with van der Waals surface area (Å²) < 4.78 is 1.59. The first-order chi connectivity index (χ1) is 8.94.